The molecule has 1 rings (SSSR count). The Morgan fingerprint density at radius 2 is 2.00 bits per heavy atom. The van der Waals surface area contributed by atoms with E-state index in [9.17, 15) is 0 Å². The molecule has 76 valence electrons. The lowest BCUT2D eigenvalue weighted by atomic mass is 9.87. The standard InChI is InChI=1S/C11H14ClNO/c1-11(2,3)9-5-4-8(7-13-14)10(12)6-9/h4-7,14H,1-3H3. The summed E-state index contributed by atoms with van der Waals surface area (Å²) >= 11 is 6.01. The van der Waals surface area contributed by atoms with Gasteiger partial charge in [-0.25, -0.2) is 0 Å². The van der Waals surface area contributed by atoms with E-state index in [1.165, 1.54) is 6.21 Å². The van der Waals surface area contributed by atoms with E-state index in [-0.39, 0.29) is 5.41 Å². The molecule has 0 bridgehead atoms. The summed E-state index contributed by atoms with van der Waals surface area (Å²) in [4.78, 5) is 0. The van der Waals surface area contributed by atoms with Crippen molar-refractivity contribution in [1.82, 2.24) is 0 Å². The predicted octanol–water partition coefficient (Wildman–Crippen LogP) is 3.45. The van der Waals surface area contributed by atoms with Gasteiger partial charge in [0.25, 0.3) is 0 Å². The molecule has 0 aliphatic rings. The van der Waals surface area contributed by atoms with Gasteiger partial charge < -0.3 is 5.21 Å². The first-order valence-corrected chi connectivity index (χ1v) is 4.80. The third kappa shape index (κ3) is 2.48. The Balaban J connectivity index is 3.13. The fraction of sp³-hybridized carbons (Fsp3) is 0.364. The first-order chi connectivity index (χ1) is 6.45. The molecule has 0 saturated carbocycles. The van der Waals surface area contributed by atoms with Gasteiger partial charge in [0.05, 0.1) is 6.21 Å². The zero-order chi connectivity index (χ0) is 10.8. The molecule has 0 spiro atoms. The summed E-state index contributed by atoms with van der Waals surface area (Å²) in [7, 11) is 0. The fourth-order valence-corrected chi connectivity index (χ4v) is 1.39. The van der Waals surface area contributed by atoms with E-state index >= 15 is 0 Å². The molecule has 0 aromatic heterocycles. The second-order valence-corrected chi connectivity index (χ2v) is 4.64. The summed E-state index contributed by atoms with van der Waals surface area (Å²) in [6.45, 7) is 6.37. The van der Waals surface area contributed by atoms with Crippen molar-refractivity contribution in [2.45, 2.75) is 26.2 Å². The van der Waals surface area contributed by atoms with Crippen LogP contribution in [0.5, 0.6) is 0 Å². The van der Waals surface area contributed by atoms with Crippen LogP contribution in [0.3, 0.4) is 0 Å². The smallest absolute Gasteiger partial charge is 0.0748 e. The Morgan fingerprint density at radius 3 is 2.43 bits per heavy atom. The van der Waals surface area contributed by atoms with E-state index < -0.39 is 0 Å². The summed E-state index contributed by atoms with van der Waals surface area (Å²) in [5.74, 6) is 0. The van der Waals surface area contributed by atoms with Gasteiger partial charge in [0.15, 0.2) is 0 Å². The van der Waals surface area contributed by atoms with Gasteiger partial charge >= 0.3 is 0 Å². The van der Waals surface area contributed by atoms with Gasteiger partial charge in [-0.3, -0.25) is 0 Å². The summed E-state index contributed by atoms with van der Waals surface area (Å²) in [5, 5.41) is 11.9. The van der Waals surface area contributed by atoms with Crippen LogP contribution in [0, 0.1) is 0 Å². The lowest BCUT2D eigenvalue weighted by molar-refractivity contribution is 0.322. The van der Waals surface area contributed by atoms with E-state index in [0.29, 0.717) is 5.02 Å². The Bertz CT molecular complexity index is 353. The minimum atomic E-state index is 0.0819. The van der Waals surface area contributed by atoms with Gasteiger partial charge in [-0.05, 0) is 17.0 Å². The molecule has 0 radical (unpaired) electrons. The maximum atomic E-state index is 8.38. The summed E-state index contributed by atoms with van der Waals surface area (Å²) in [6.07, 6.45) is 1.33. The van der Waals surface area contributed by atoms with E-state index in [4.69, 9.17) is 16.8 Å². The highest BCUT2D eigenvalue weighted by Gasteiger charge is 2.14. The highest BCUT2D eigenvalue weighted by Crippen LogP contribution is 2.26. The lowest BCUT2D eigenvalue weighted by Crippen LogP contribution is -2.10. The van der Waals surface area contributed by atoms with E-state index in [1.54, 1.807) is 0 Å². The van der Waals surface area contributed by atoms with Crippen molar-refractivity contribution in [2.75, 3.05) is 0 Å². The van der Waals surface area contributed by atoms with Crippen LogP contribution in [0.25, 0.3) is 0 Å². The van der Waals surface area contributed by atoms with Gasteiger partial charge in [-0.1, -0.05) is 49.7 Å². The Kier molecular flexibility index (Phi) is 3.17. The Hall–Kier alpha value is -1.02. The predicted molar refractivity (Wildman–Crippen MR) is 59.5 cm³/mol. The van der Waals surface area contributed by atoms with Gasteiger partial charge in [0, 0.05) is 10.6 Å². The van der Waals surface area contributed by atoms with Gasteiger partial charge in [0.1, 0.15) is 0 Å². The zero-order valence-electron chi connectivity index (χ0n) is 8.58. The number of nitrogens with zero attached hydrogens (tertiary/aromatic N) is 1. The molecule has 0 saturated heterocycles. The molecular formula is C11H14ClNO. The van der Waals surface area contributed by atoms with Crippen molar-refractivity contribution in [3.8, 4) is 0 Å². The Labute approximate surface area is 89.2 Å². The van der Waals surface area contributed by atoms with Crippen LogP contribution in [-0.4, -0.2) is 11.4 Å². The average molecular weight is 212 g/mol. The molecular weight excluding hydrogens is 198 g/mol. The second kappa shape index (κ2) is 4.01. The first kappa shape index (κ1) is 11.1. The quantitative estimate of drug-likeness (QED) is 0.431. The highest BCUT2D eigenvalue weighted by molar-refractivity contribution is 6.33. The van der Waals surface area contributed by atoms with Crippen LogP contribution in [0.4, 0.5) is 0 Å². The zero-order valence-corrected chi connectivity index (χ0v) is 9.34. The third-order valence-corrected chi connectivity index (χ3v) is 2.39. The number of hydrogen-bond acceptors (Lipinski definition) is 2. The summed E-state index contributed by atoms with van der Waals surface area (Å²) in [5.41, 5.74) is 1.97. The molecule has 0 amide bonds. The minimum absolute atomic E-state index is 0.0819. The van der Waals surface area contributed by atoms with Crippen LogP contribution in [0.15, 0.2) is 23.4 Å². The minimum Gasteiger partial charge on any atom is -0.411 e. The number of oxime groups is 1. The van der Waals surface area contributed by atoms with E-state index in [2.05, 4.69) is 25.9 Å². The molecule has 0 aliphatic carbocycles. The number of benzene rings is 1. The monoisotopic (exact) mass is 211 g/mol. The van der Waals surface area contributed by atoms with Crippen molar-refractivity contribution >= 4 is 17.8 Å². The SMILES string of the molecule is CC(C)(C)c1ccc(C=NO)c(Cl)c1. The molecule has 1 aromatic carbocycles. The normalized spacial score (nSPS) is 12.3. The van der Waals surface area contributed by atoms with Crippen molar-refractivity contribution in [1.29, 1.82) is 0 Å². The molecule has 14 heavy (non-hydrogen) atoms. The van der Waals surface area contributed by atoms with Crippen LogP contribution in [0.2, 0.25) is 5.02 Å². The molecule has 0 unspecified atom stereocenters. The average Bonchev–Trinajstić information content (AvgIpc) is 2.07. The fourth-order valence-electron chi connectivity index (χ4n) is 1.16. The van der Waals surface area contributed by atoms with Crippen LogP contribution < -0.4 is 0 Å². The molecule has 0 aliphatic heterocycles. The maximum Gasteiger partial charge on any atom is 0.0748 e. The second-order valence-electron chi connectivity index (χ2n) is 4.23. The number of rotatable bonds is 1. The third-order valence-electron chi connectivity index (χ3n) is 2.06. The lowest BCUT2D eigenvalue weighted by Gasteiger charge is -2.19. The number of halogens is 1. The van der Waals surface area contributed by atoms with Gasteiger partial charge in [0.2, 0.25) is 0 Å². The summed E-state index contributed by atoms with van der Waals surface area (Å²) in [6, 6.07) is 5.74. The van der Waals surface area contributed by atoms with Crippen LogP contribution >= 0.6 is 11.6 Å². The van der Waals surface area contributed by atoms with Crippen molar-refractivity contribution in [3.05, 3.63) is 34.3 Å². The first-order valence-electron chi connectivity index (χ1n) is 4.42. The molecule has 0 fully saturated rings. The topological polar surface area (TPSA) is 32.6 Å². The number of hydrogen-bond donors (Lipinski definition) is 1. The van der Waals surface area contributed by atoms with Crippen molar-refractivity contribution in [3.63, 3.8) is 0 Å². The van der Waals surface area contributed by atoms with Crippen molar-refractivity contribution in [2.24, 2.45) is 5.16 Å². The molecule has 1 aromatic rings. The molecule has 2 nitrogen and oxygen atoms in total. The van der Waals surface area contributed by atoms with Crippen LogP contribution in [-0.2, 0) is 5.41 Å². The van der Waals surface area contributed by atoms with E-state index in [1.807, 2.05) is 18.2 Å². The van der Waals surface area contributed by atoms with Crippen molar-refractivity contribution < 1.29 is 5.21 Å². The highest BCUT2D eigenvalue weighted by atomic mass is 35.5. The molecule has 0 heterocycles. The molecule has 0 atom stereocenters. The van der Waals surface area contributed by atoms with Crippen LogP contribution in [0.1, 0.15) is 31.9 Å². The molecule has 3 heteroatoms. The Morgan fingerprint density at radius 1 is 1.36 bits per heavy atom. The van der Waals surface area contributed by atoms with E-state index in [0.717, 1.165) is 11.1 Å². The molecule has 1 N–H and O–H groups in total. The van der Waals surface area contributed by atoms with Gasteiger partial charge in [-0.2, -0.15) is 0 Å². The van der Waals surface area contributed by atoms with Gasteiger partial charge in [-0.15, -0.1) is 0 Å². The maximum absolute atomic E-state index is 8.38. The largest absolute Gasteiger partial charge is 0.411 e. The summed E-state index contributed by atoms with van der Waals surface area (Å²) < 4.78 is 0.